The Morgan fingerprint density at radius 1 is 1.10 bits per heavy atom. The molecule has 0 bridgehead atoms. The van der Waals surface area contributed by atoms with Crippen LogP contribution in [-0.2, 0) is 11.8 Å². The van der Waals surface area contributed by atoms with E-state index in [4.69, 9.17) is 0 Å². The van der Waals surface area contributed by atoms with Crippen LogP contribution in [0.4, 0.5) is 5.69 Å². The van der Waals surface area contributed by atoms with Crippen LogP contribution in [0.25, 0.3) is 5.69 Å². The van der Waals surface area contributed by atoms with Gasteiger partial charge in [0.2, 0.25) is 0 Å². The van der Waals surface area contributed by atoms with Gasteiger partial charge in [0, 0.05) is 13.3 Å². The number of aliphatic carboxylic acids is 1. The number of carboxylic acids is 1. The van der Waals surface area contributed by atoms with Crippen molar-refractivity contribution < 1.29 is 66.4 Å². The second kappa shape index (κ2) is 11.1. The molecule has 0 saturated carbocycles. The van der Waals surface area contributed by atoms with Gasteiger partial charge in [-0.2, -0.15) is 0 Å². The minimum atomic E-state index is -0.994. The molecule has 1 atom stereocenters. The molecule has 0 aliphatic rings. The number of hydrogen-bond acceptors (Lipinski definition) is 4. The van der Waals surface area contributed by atoms with Crippen LogP contribution >= 0.6 is 0 Å². The summed E-state index contributed by atoms with van der Waals surface area (Å²) in [7, 11) is 1.87. The van der Waals surface area contributed by atoms with E-state index in [0.717, 1.165) is 11.4 Å². The summed E-state index contributed by atoms with van der Waals surface area (Å²) < 4.78 is 3.71. The minimum absolute atomic E-state index is 0. The SMILES string of the molecule is Cc1c(N=Cc2ccccc2[O-])c(=N[C@H](C(=O)O)C(C)C)n(-c2ccccc2)n1C.[K+]. The predicted molar refractivity (Wildman–Crippen MR) is 114 cm³/mol. The molecule has 2 aromatic carbocycles. The second-order valence-electron chi connectivity index (χ2n) is 7.38. The predicted octanol–water partition coefficient (Wildman–Crippen LogP) is -0.0377. The third-order valence-electron chi connectivity index (χ3n) is 4.94. The van der Waals surface area contributed by atoms with Gasteiger partial charge in [-0.3, -0.25) is 9.67 Å². The van der Waals surface area contributed by atoms with Crippen molar-refractivity contribution in [3.8, 4) is 11.4 Å². The molecule has 0 spiro atoms. The average Bonchev–Trinajstić information content (AvgIpc) is 2.95. The topological polar surface area (TPSA) is 94.9 Å². The van der Waals surface area contributed by atoms with Crippen LogP contribution in [0, 0.1) is 12.8 Å². The summed E-state index contributed by atoms with van der Waals surface area (Å²) in [5.74, 6) is -1.33. The van der Waals surface area contributed by atoms with Crippen LogP contribution in [0.15, 0.2) is 64.6 Å². The first-order valence-electron chi connectivity index (χ1n) is 9.72. The summed E-state index contributed by atoms with van der Waals surface area (Å²) in [5.41, 5.74) is 3.04. The van der Waals surface area contributed by atoms with Gasteiger partial charge in [0.05, 0.1) is 11.4 Å². The van der Waals surface area contributed by atoms with Crippen LogP contribution in [0.1, 0.15) is 25.1 Å². The molecule has 31 heavy (non-hydrogen) atoms. The molecule has 0 aliphatic carbocycles. The zero-order chi connectivity index (χ0) is 21.8. The summed E-state index contributed by atoms with van der Waals surface area (Å²) in [5, 5.41) is 21.7. The first-order chi connectivity index (χ1) is 14.3. The molecule has 1 aromatic heterocycles. The van der Waals surface area contributed by atoms with E-state index in [2.05, 4.69) is 9.98 Å². The van der Waals surface area contributed by atoms with Gasteiger partial charge in [-0.15, -0.1) is 5.75 Å². The summed E-state index contributed by atoms with van der Waals surface area (Å²) in [6.07, 6.45) is 1.50. The molecular formula is C23H25KN4O3. The molecule has 156 valence electrons. The van der Waals surface area contributed by atoms with Crippen molar-refractivity contribution in [2.75, 3.05) is 0 Å². The van der Waals surface area contributed by atoms with Gasteiger partial charge in [0.15, 0.2) is 11.5 Å². The van der Waals surface area contributed by atoms with E-state index >= 15 is 0 Å². The quantitative estimate of drug-likeness (QED) is 0.427. The Kier molecular flexibility index (Phi) is 9.02. The first-order valence-corrected chi connectivity index (χ1v) is 9.72. The van der Waals surface area contributed by atoms with Crippen molar-refractivity contribution >= 4 is 17.9 Å². The van der Waals surface area contributed by atoms with E-state index in [1.54, 1.807) is 18.2 Å². The Morgan fingerprint density at radius 2 is 1.71 bits per heavy atom. The van der Waals surface area contributed by atoms with Crippen LogP contribution in [-0.4, -0.2) is 32.7 Å². The number of hydrogen-bond donors (Lipinski definition) is 1. The normalized spacial score (nSPS) is 12.9. The Hall–Kier alpha value is -1.97. The molecule has 0 amide bonds. The van der Waals surface area contributed by atoms with E-state index in [-0.39, 0.29) is 63.1 Å². The number of nitrogens with zero attached hydrogens (tertiary/aromatic N) is 4. The van der Waals surface area contributed by atoms with Crippen molar-refractivity contribution in [3.63, 3.8) is 0 Å². The fourth-order valence-electron chi connectivity index (χ4n) is 3.18. The Morgan fingerprint density at radius 3 is 2.29 bits per heavy atom. The maximum Gasteiger partial charge on any atom is 1.00 e. The first kappa shape index (κ1) is 25.3. The van der Waals surface area contributed by atoms with Crippen molar-refractivity contribution in [3.05, 3.63) is 71.3 Å². The van der Waals surface area contributed by atoms with Crippen molar-refractivity contribution in [1.82, 2.24) is 9.36 Å². The number of para-hydroxylation sites is 2. The number of aromatic nitrogens is 2. The van der Waals surface area contributed by atoms with Gasteiger partial charge in [-0.05, 0) is 30.5 Å². The Labute approximate surface area is 224 Å². The molecule has 1 N–H and O–H groups in total. The molecule has 1 heterocycles. The van der Waals surface area contributed by atoms with E-state index in [1.807, 2.05) is 67.5 Å². The van der Waals surface area contributed by atoms with Gasteiger partial charge in [-0.25, -0.2) is 14.5 Å². The number of rotatable bonds is 6. The summed E-state index contributed by atoms with van der Waals surface area (Å²) >= 11 is 0. The van der Waals surface area contributed by atoms with Gasteiger partial charge >= 0.3 is 57.4 Å². The molecule has 0 radical (unpaired) electrons. The monoisotopic (exact) mass is 444 g/mol. The number of carbonyl (C=O) groups is 1. The third-order valence-corrected chi connectivity index (χ3v) is 4.94. The molecule has 7 nitrogen and oxygen atoms in total. The smallest absolute Gasteiger partial charge is 0.872 e. The Balaban J connectivity index is 0.00000341. The van der Waals surface area contributed by atoms with E-state index in [9.17, 15) is 15.0 Å². The van der Waals surface area contributed by atoms with Crippen LogP contribution in [0.5, 0.6) is 5.75 Å². The molecule has 0 fully saturated rings. The minimum Gasteiger partial charge on any atom is -0.872 e. The standard InChI is InChI=1S/C23H26N4O3.K/c1-15(2)20(23(29)30)25-22-21(24-14-17-10-8-9-13-19(17)28)16(3)26(4)27(22)18-11-6-5-7-12-18;/h5-15,20,28H,1-4H3,(H,29,30);/q;+1/p-1/t20-;/m0./s1. The van der Waals surface area contributed by atoms with Crippen molar-refractivity contribution in [2.24, 2.45) is 23.0 Å². The molecule has 0 aliphatic heterocycles. The van der Waals surface area contributed by atoms with Crippen LogP contribution in [0.3, 0.4) is 0 Å². The van der Waals surface area contributed by atoms with Gasteiger partial charge in [-0.1, -0.05) is 56.3 Å². The van der Waals surface area contributed by atoms with E-state index in [1.165, 1.54) is 12.3 Å². The van der Waals surface area contributed by atoms with E-state index in [0.29, 0.717) is 16.7 Å². The Bertz CT molecular complexity index is 1150. The van der Waals surface area contributed by atoms with Gasteiger partial charge < -0.3 is 10.2 Å². The number of benzene rings is 2. The maximum atomic E-state index is 12.1. The molecule has 3 rings (SSSR count). The number of aliphatic imine (C=N–C) groups is 1. The maximum absolute atomic E-state index is 12.1. The fraction of sp³-hybridized carbons (Fsp3) is 0.261. The summed E-state index contributed by atoms with van der Waals surface area (Å²) in [6.45, 7) is 5.53. The van der Waals surface area contributed by atoms with Crippen LogP contribution in [0.2, 0.25) is 0 Å². The van der Waals surface area contributed by atoms with Crippen molar-refractivity contribution in [1.29, 1.82) is 0 Å². The summed E-state index contributed by atoms with van der Waals surface area (Å²) in [6, 6.07) is 15.3. The molecule has 0 unspecified atom stereocenters. The average molecular weight is 445 g/mol. The summed E-state index contributed by atoms with van der Waals surface area (Å²) in [4.78, 5) is 21.0. The number of carboxylic acid groups (broad SMARTS) is 1. The zero-order valence-electron chi connectivity index (χ0n) is 18.5. The molecular weight excluding hydrogens is 419 g/mol. The van der Waals surface area contributed by atoms with Crippen molar-refractivity contribution in [2.45, 2.75) is 26.8 Å². The molecule has 8 heteroatoms. The van der Waals surface area contributed by atoms with Gasteiger partial charge in [0.1, 0.15) is 5.69 Å². The largest absolute Gasteiger partial charge is 1.00 e. The second-order valence-corrected chi connectivity index (χ2v) is 7.38. The van der Waals surface area contributed by atoms with Crippen LogP contribution < -0.4 is 62.0 Å². The molecule has 0 saturated heterocycles. The fourth-order valence-corrected chi connectivity index (χ4v) is 3.18. The van der Waals surface area contributed by atoms with Gasteiger partial charge in [0.25, 0.3) is 0 Å². The third kappa shape index (κ3) is 5.64. The van der Waals surface area contributed by atoms with E-state index < -0.39 is 12.0 Å². The molecule has 3 aromatic rings. The zero-order valence-corrected chi connectivity index (χ0v) is 21.6.